The summed E-state index contributed by atoms with van der Waals surface area (Å²) in [6.45, 7) is 0. The zero-order chi connectivity index (χ0) is 12.7. The van der Waals surface area contributed by atoms with Gasteiger partial charge in [0.2, 0.25) is 0 Å². The molecule has 0 fully saturated rings. The van der Waals surface area contributed by atoms with Crippen molar-refractivity contribution in [2.75, 3.05) is 0 Å². The van der Waals surface area contributed by atoms with E-state index in [0.717, 1.165) is 4.88 Å². The second-order valence-electron chi connectivity index (χ2n) is 3.93. The first-order valence-corrected chi connectivity index (χ1v) is 6.23. The molecule has 88 valence electrons. The minimum atomic E-state index is -0.328. The molecule has 0 spiro atoms. The average molecular weight is 256 g/mol. The number of hydrogen-bond donors (Lipinski definition) is 1. The Morgan fingerprint density at radius 3 is 2.61 bits per heavy atom. The van der Waals surface area contributed by atoms with E-state index in [1.165, 1.54) is 23.5 Å². The number of ketones is 2. The van der Waals surface area contributed by atoms with E-state index >= 15 is 0 Å². The lowest BCUT2D eigenvalue weighted by Gasteiger charge is -2.14. The molecule has 0 saturated carbocycles. The van der Waals surface area contributed by atoms with Crippen LogP contribution in [-0.4, -0.2) is 16.7 Å². The Hall–Kier alpha value is -2.20. The average Bonchev–Trinajstić information content (AvgIpc) is 2.87. The van der Waals surface area contributed by atoms with Crippen LogP contribution < -0.4 is 0 Å². The number of aromatic hydroxyl groups is 1. The number of allylic oxidation sites excluding steroid dienone is 2. The van der Waals surface area contributed by atoms with Crippen molar-refractivity contribution in [2.24, 2.45) is 0 Å². The Bertz CT molecular complexity index is 681. The molecule has 0 aliphatic heterocycles. The van der Waals surface area contributed by atoms with Gasteiger partial charge in [0.15, 0.2) is 11.6 Å². The van der Waals surface area contributed by atoms with Crippen molar-refractivity contribution in [3.8, 4) is 5.75 Å². The predicted molar refractivity (Wildman–Crippen MR) is 69.1 cm³/mol. The van der Waals surface area contributed by atoms with Gasteiger partial charge in [-0.05, 0) is 23.6 Å². The third-order valence-electron chi connectivity index (χ3n) is 2.84. The molecule has 1 heterocycles. The van der Waals surface area contributed by atoms with E-state index in [4.69, 9.17) is 0 Å². The molecule has 0 radical (unpaired) electrons. The highest BCUT2D eigenvalue weighted by Gasteiger charge is 2.28. The summed E-state index contributed by atoms with van der Waals surface area (Å²) in [7, 11) is 0. The molecular weight excluding hydrogens is 248 g/mol. The second kappa shape index (κ2) is 3.92. The van der Waals surface area contributed by atoms with Crippen LogP contribution in [0, 0.1) is 0 Å². The van der Waals surface area contributed by atoms with Gasteiger partial charge in [0, 0.05) is 16.0 Å². The Kier molecular flexibility index (Phi) is 2.38. The maximum absolute atomic E-state index is 12.3. The Balaban J connectivity index is 2.21. The van der Waals surface area contributed by atoms with Gasteiger partial charge in [0.1, 0.15) is 5.75 Å². The van der Waals surface area contributed by atoms with Crippen molar-refractivity contribution in [3.05, 3.63) is 57.8 Å². The fraction of sp³-hybridized carbons (Fsp3) is 0. The van der Waals surface area contributed by atoms with Crippen LogP contribution in [0.5, 0.6) is 5.75 Å². The highest BCUT2D eigenvalue weighted by molar-refractivity contribution is 7.11. The molecule has 1 aliphatic rings. The lowest BCUT2D eigenvalue weighted by atomic mass is 9.88. The molecule has 18 heavy (non-hydrogen) atoms. The molecule has 0 unspecified atom stereocenters. The summed E-state index contributed by atoms with van der Waals surface area (Å²) in [4.78, 5) is 25.0. The number of carbonyl (C=O) groups is 2. The maximum atomic E-state index is 12.3. The molecule has 3 nitrogen and oxygen atoms in total. The summed E-state index contributed by atoms with van der Waals surface area (Å²) in [5.41, 5.74) is 0.766. The van der Waals surface area contributed by atoms with Gasteiger partial charge in [-0.15, -0.1) is 11.3 Å². The predicted octanol–water partition coefficient (Wildman–Crippen LogP) is 2.92. The number of rotatable bonds is 1. The van der Waals surface area contributed by atoms with Gasteiger partial charge < -0.3 is 5.11 Å². The quantitative estimate of drug-likeness (QED) is 0.853. The van der Waals surface area contributed by atoms with Crippen LogP contribution in [0.15, 0.2) is 41.8 Å². The number of fused-ring (bicyclic) bond motifs is 1. The van der Waals surface area contributed by atoms with E-state index in [1.54, 1.807) is 18.2 Å². The van der Waals surface area contributed by atoms with Crippen molar-refractivity contribution >= 4 is 28.5 Å². The fourth-order valence-corrected chi connectivity index (χ4v) is 2.76. The number of thiophene rings is 1. The molecule has 1 aromatic heterocycles. The number of phenols is 1. The molecule has 0 amide bonds. The Morgan fingerprint density at radius 1 is 1.06 bits per heavy atom. The third-order valence-corrected chi connectivity index (χ3v) is 3.74. The normalized spacial score (nSPS) is 14.3. The molecule has 4 heteroatoms. The summed E-state index contributed by atoms with van der Waals surface area (Å²) in [6, 6.07) is 8.17. The highest BCUT2D eigenvalue weighted by Crippen LogP contribution is 2.33. The molecule has 1 aromatic carbocycles. The van der Waals surface area contributed by atoms with Crippen LogP contribution in [0.25, 0.3) is 5.57 Å². The van der Waals surface area contributed by atoms with Crippen LogP contribution >= 0.6 is 11.3 Å². The SMILES string of the molecule is O=C1C(c2cccs2)=CC(=O)c2c(O)cccc21. The molecule has 1 aliphatic carbocycles. The summed E-state index contributed by atoms with van der Waals surface area (Å²) in [5, 5.41) is 11.5. The summed E-state index contributed by atoms with van der Waals surface area (Å²) in [6.07, 6.45) is 1.30. The van der Waals surface area contributed by atoms with E-state index in [2.05, 4.69) is 0 Å². The fourth-order valence-electron chi connectivity index (χ4n) is 2.02. The first kappa shape index (κ1) is 10.9. The summed E-state index contributed by atoms with van der Waals surface area (Å²) in [5.74, 6) is -0.693. The van der Waals surface area contributed by atoms with Crippen LogP contribution in [0.1, 0.15) is 25.6 Å². The molecule has 0 saturated heterocycles. The zero-order valence-corrected chi connectivity index (χ0v) is 10.0. The number of benzene rings is 1. The van der Waals surface area contributed by atoms with E-state index < -0.39 is 0 Å². The number of hydrogen-bond acceptors (Lipinski definition) is 4. The zero-order valence-electron chi connectivity index (χ0n) is 9.21. The molecule has 3 rings (SSSR count). The van der Waals surface area contributed by atoms with E-state index in [-0.39, 0.29) is 28.4 Å². The summed E-state index contributed by atoms with van der Waals surface area (Å²) >= 11 is 1.41. The topological polar surface area (TPSA) is 54.4 Å². The Labute approximate surface area is 107 Å². The largest absolute Gasteiger partial charge is 0.507 e. The van der Waals surface area contributed by atoms with E-state index in [1.807, 2.05) is 11.4 Å². The number of Topliss-reactive ketones (excluding diaryl/α,β-unsaturated/α-hetero) is 1. The number of carbonyl (C=O) groups excluding carboxylic acids is 2. The van der Waals surface area contributed by atoms with Gasteiger partial charge in [0.25, 0.3) is 0 Å². The van der Waals surface area contributed by atoms with Gasteiger partial charge in [-0.25, -0.2) is 0 Å². The molecular formula is C14H8O3S. The van der Waals surface area contributed by atoms with Gasteiger partial charge in [0.05, 0.1) is 5.56 Å². The molecule has 0 bridgehead atoms. The van der Waals surface area contributed by atoms with Crippen LogP contribution in [0.4, 0.5) is 0 Å². The summed E-state index contributed by atoms with van der Waals surface area (Å²) < 4.78 is 0. The second-order valence-corrected chi connectivity index (χ2v) is 4.88. The molecule has 1 N–H and O–H groups in total. The smallest absolute Gasteiger partial charge is 0.195 e. The third kappa shape index (κ3) is 1.50. The highest BCUT2D eigenvalue weighted by atomic mass is 32.1. The van der Waals surface area contributed by atoms with Gasteiger partial charge in [-0.3, -0.25) is 9.59 Å². The van der Waals surface area contributed by atoms with Crippen molar-refractivity contribution in [1.82, 2.24) is 0 Å². The van der Waals surface area contributed by atoms with Crippen molar-refractivity contribution in [2.45, 2.75) is 0 Å². The Morgan fingerprint density at radius 2 is 1.89 bits per heavy atom. The lowest BCUT2D eigenvalue weighted by Crippen LogP contribution is -2.15. The first-order valence-electron chi connectivity index (χ1n) is 5.35. The monoisotopic (exact) mass is 256 g/mol. The van der Waals surface area contributed by atoms with Gasteiger partial charge >= 0.3 is 0 Å². The number of phenolic OH excluding ortho intramolecular Hbond substituents is 1. The van der Waals surface area contributed by atoms with Crippen LogP contribution in [-0.2, 0) is 0 Å². The lowest BCUT2D eigenvalue weighted by molar-refractivity contribution is 0.0999. The first-order chi connectivity index (χ1) is 8.68. The van der Waals surface area contributed by atoms with Crippen LogP contribution in [0.3, 0.4) is 0 Å². The minimum Gasteiger partial charge on any atom is -0.507 e. The molecule has 0 atom stereocenters. The van der Waals surface area contributed by atoms with Crippen LogP contribution in [0.2, 0.25) is 0 Å². The van der Waals surface area contributed by atoms with Gasteiger partial charge in [-0.1, -0.05) is 18.2 Å². The van der Waals surface area contributed by atoms with Crippen molar-refractivity contribution < 1.29 is 14.7 Å². The molecule has 2 aromatic rings. The van der Waals surface area contributed by atoms with E-state index in [0.29, 0.717) is 5.57 Å². The maximum Gasteiger partial charge on any atom is 0.195 e. The van der Waals surface area contributed by atoms with E-state index in [9.17, 15) is 14.7 Å². The van der Waals surface area contributed by atoms with Crippen molar-refractivity contribution in [1.29, 1.82) is 0 Å². The van der Waals surface area contributed by atoms with Crippen molar-refractivity contribution in [3.63, 3.8) is 0 Å². The standard InChI is InChI=1S/C14H8O3S/c15-10-4-1-3-8-13(10)11(16)7-9(14(8)17)12-5-2-6-18-12/h1-7,15H. The van der Waals surface area contributed by atoms with Gasteiger partial charge in [-0.2, -0.15) is 0 Å². The minimum absolute atomic E-state index is 0.0998.